The Kier molecular flexibility index (Phi) is 4.83. The molecule has 1 heterocycles. The number of hydrogen-bond acceptors (Lipinski definition) is 7. The summed E-state index contributed by atoms with van der Waals surface area (Å²) >= 11 is 0. The van der Waals surface area contributed by atoms with Crippen LogP contribution in [-0.4, -0.2) is 56.7 Å². The Hall–Kier alpha value is -3.40. The first-order valence-electron chi connectivity index (χ1n) is 11.8. The van der Waals surface area contributed by atoms with Gasteiger partial charge in [-0.2, -0.15) is 0 Å². The summed E-state index contributed by atoms with van der Waals surface area (Å²) in [7, 11) is -2.57. The molecule has 0 fully saturated rings. The van der Waals surface area contributed by atoms with Crippen LogP contribution in [0.5, 0.6) is 11.5 Å². The molecule has 32 heavy (non-hydrogen) atoms. The third kappa shape index (κ3) is 4.59. The molecule has 9 nitrogen and oxygen atoms in total. The van der Waals surface area contributed by atoms with Gasteiger partial charge in [0.15, 0.2) is 11.5 Å². The minimum absolute atomic E-state index is 0.0208. The van der Waals surface area contributed by atoms with E-state index in [9.17, 15) is 22.8 Å². The van der Waals surface area contributed by atoms with Gasteiger partial charge in [-0.05, 0) is 36.7 Å². The molecule has 0 spiro atoms. The average Bonchev–Trinajstić information content (AvgIpc) is 3.01. The summed E-state index contributed by atoms with van der Waals surface area (Å²) in [6.07, 6.45) is 0.931. The van der Waals surface area contributed by atoms with Gasteiger partial charge in [0, 0.05) is 17.3 Å². The molecule has 10 heteroatoms. The van der Waals surface area contributed by atoms with Crippen LogP contribution in [0.1, 0.15) is 53.0 Å². The number of rotatable bonds is 8. The van der Waals surface area contributed by atoms with Gasteiger partial charge in [0.05, 0.1) is 45.0 Å². The number of amides is 3. The Morgan fingerprint density at radius 2 is 1.97 bits per heavy atom. The van der Waals surface area contributed by atoms with Gasteiger partial charge in [0.2, 0.25) is 5.91 Å². The molecule has 0 bridgehead atoms. The molecule has 170 valence electrons. The normalized spacial score (nSPS) is 17.3. The van der Waals surface area contributed by atoms with Crippen LogP contribution in [0.25, 0.3) is 0 Å². The number of methoxy groups -OCH3 is 1. The van der Waals surface area contributed by atoms with Crippen molar-refractivity contribution in [2.75, 3.05) is 31.0 Å². The van der Waals surface area contributed by atoms with Crippen molar-refractivity contribution < 1.29 is 39.1 Å². The summed E-state index contributed by atoms with van der Waals surface area (Å²) in [5.41, 5.74) is 0.114. The summed E-state index contributed by atoms with van der Waals surface area (Å²) < 4.78 is 72.2. The van der Waals surface area contributed by atoms with Crippen molar-refractivity contribution in [1.29, 1.82) is 0 Å². The third-order valence-corrected chi connectivity index (χ3v) is 5.68. The Labute approximate surface area is 193 Å². The molecular weight excluding hydrogens is 436 g/mol. The quantitative estimate of drug-likeness (QED) is 0.595. The van der Waals surface area contributed by atoms with Crippen molar-refractivity contribution in [3.05, 3.63) is 53.1 Å². The number of hydrogen-bond donors (Lipinski definition) is 1. The Balaban J connectivity index is 2.10. The maximum absolute atomic E-state index is 13.4. The Morgan fingerprint density at radius 1 is 1.22 bits per heavy atom. The van der Waals surface area contributed by atoms with Crippen LogP contribution in [0.15, 0.2) is 36.4 Å². The predicted octanol–water partition coefficient (Wildman–Crippen LogP) is 2.43. The highest BCUT2D eigenvalue weighted by Crippen LogP contribution is 2.38. The number of imide groups is 1. The average molecular weight is 466 g/mol. The van der Waals surface area contributed by atoms with Gasteiger partial charge in [0.25, 0.3) is 11.8 Å². The Bertz CT molecular complexity index is 1380. The predicted molar refractivity (Wildman–Crippen MR) is 118 cm³/mol. The standard InChI is InChI=1S/C22H24N2O7S/c1-5-31-18-10-9-14(11-19(18)30-3)17(12-32(4,28)29)24-21(26)15-7-6-8-16(23-13(2)25)20(15)22(24)27/h6-11,17H,5,12H2,1-4H3,(H,23,25)/i1D3,5D2. The highest BCUT2D eigenvalue weighted by Gasteiger charge is 2.43. The van der Waals surface area contributed by atoms with Gasteiger partial charge in [-0.3, -0.25) is 19.3 Å². The van der Waals surface area contributed by atoms with Crippen LogP contribution in [0.2, 0.25) is 0 Å². The molecular formula is C22H24N2O7S. The van der Waals surface area contributed by atoms with Gasteiger partial charge in [-0.1, -0.05) is 12.1 Å². The summed E-state index contributed by atoms with van der Waals surface area (Å²) in [6.45, 7) is -4.96. The number of nitrogens with zero attached hydrogens (tertiary/aromatic N) is 1. The van der Waals surface area contributed by atoms with Crippen LogP contribution in [-0.2, 0) is 14.6 Å². The van der Waals surface area contributed by atoms with Crippen molar-refractivity contribution in [3.8, 4) is 11.5 Å². The van der Waals surface area contributed by atoms with E-state index in [1.165, 1.54) is 44.4 Å². The van der Waals surface area contributed by atoms with E-state index in [0.717, 1.165) is 17.2 Å². The van der Waals surface area contributed by atoms with E-state index in [2.05, 4.69) is 5.32 Å². The number of ether oxygens (including phenoxy) is 2. The molecule has 1 aliphatic rings. The lowest BCUT2D eigenvalue weighted by molar-refractivity contribution is -0.114. The number of carbonyl (C=O) groups is 3. The molecule has 0 aromatic heterocycles. The summed E-state index contributed by atoms with van der Waals surface area (Å²) in [4.78, 5) is 39.1. The number of anilines is 1. The number of nitrogens with one attached hydrogen (secondary N) is 1. The number of fused-ring (bicyclic) bond motifs is 1. The second-order valence-electron chi connectivity index (χ2n) is 7.11. The molecule has 0 saturated carbocycles. The first-order chi connectivity index (χ1) is 17.0. The summed E-state index contributed by atoms with van der Waals surface area (Å²) in [5.74, 6) is -3.18. The first-order valence-corrected chi connectivity index (χ1v) is 11.4. The number of benzene rings is 2. The van der Waals surface area contributed by atoms with Crippen molar-refractivity contribution >= 4 is 33.2 Å². The molecule has 1 atom stereocenters. The molecule has 0 saturated heterocycles. The fourth-order valence-electron chi connectivity index (χ4n) is 3.52. The van der Waals surface area contributed by atoms with Gasteiger partial charge < -0.3 is 14.8 Å². The van der Waals surface area contributed by atoms with Crippen molar-refractivity contribution in [1.82, 2.24) is 4.90 Å². The molecule has 0 aliphatic carbocycles. The topological polar surface area (TPSA) is 119 Å². The van der Waals surface area contributed by atoms with E-state index >= 15 is 0 Å². The zero-order valence-electron chi connectivity index (χ0n) is 22.5. The number of carbonyl (C=O) groups excluding carboxylic acids is 3. The molecule has 1 unspecified atom stereocenters. The van der Waals surface area contributed by atoms with E-state index in [1.54, 1.807) is 0 Å². The van der Waals surface area contributed by atoms with Gasteiger partial charge in [0.1, 0.15) is 9.84 Å². The SMILES string of the molecule is [2H]C([2H])([2H])C([2H])([2H])Oc1ccc(C(CS(C)(=O)=O)N2C(=O)c3cccc(NC(C)=O)c3C2=O)cc1OC. The van der Waals surface area contributed by atoms with Gasteiger partial charge in [-0.15, -0.1) is 0 Å². The van der Waals surface area contributed by atoms with Crippen LogP contribution >= 0.6 is 0 Å². The van der Waals surface area contributed by atoms with Crippen LogP contribution < -0.4 is 14.8 Å². The number of sulfone groups is 1. The minimum atomic E-state index is -3.77. The van der Waals surface area contributed by atoms with Gasteiger partial charge >= 0.3 is 0 Å². The monoisotopic (exact) mass is 465 g/mol. The second-order valence-corrected chi connectivity index (χ2v) is 9.30. The molecule has 3 rings (SSSR count). The largest absolute Gasteiger partial charge is 0.493 e. The zero-order valence-corrected chi connectivity index (χ0v) is 18.3. The van der Waals surface area contributed by atoms with E-state index in [-0.39, 0.29) is 33.9 Å². The zero-order chi connectivity index (χ0) is 27.9. The van der Waals surface area contributed by atoms with Crippen molar-refractivity contribution in [2.45, 2.75) is 19.8 Å². The van der Waals surface area contributed by atoms with Crippen LogP contribution in [0.4, 0.5) is 5.69 Å². The minimum Gasteiger partial charge on any atom is -0.493 e. The summed E-state index contributed by atoms with van der Waals surface area (Å²) in [5, 5.41) is 2.49. The fraction of sp³-hybridized carbons (Fsp3) is 0.318. The maximum atomic E-state index is 13.4. The fourth-order valence-corrected chi connectivity index (χ4v) is 4.43. The lowest BCUT2D eigenvalue weighted by Gasteiger charge is -2.26. The molecule has 2 aromatic rings. The molecule has 3 amide bonds. The maximum Gasteiger partial charge on any atom is 0.264 e. The Morgan fingerprint density at radius 3 is 2.59 bits per heavy atom. The molecule has 2 aromatic carbocycles. The van der Waals surface area contributed by atoms with Crippen molar-refractivity contribution in [2.24, 2.45) is 0 Å². The van der Waals surface area contributed by atoms with E-state index in [1.807, 2.05) is 0 Å². The third-order valence-electron chi connectivity index (χ3n) is 4.76. The molecule has 0 radical (unpaired) electrons. The van der Waals surface area contributed by atoms with Crippen LogP contribution in [0, 0.1) is 0 Å². The van der Waals surface area contributed by atoms with Gasteiger partial charge in [-0.25, -0.2) is 8.42 Å². The second kappa shape index (κ2) is 8.99. The lowest BCUT2D eigenvalue weighted by atomic mass is 10.1. The smallest absolute Gasteiger partial charge is 0.264 e. The van der Waals surface area contributed by atoms with E-state index in [4.69, 9.17) is 16.3 Å². The molecule has 1 aliphatic heterocycles. The van der Waals surface area contributed by atoms with E-state index in [0.29, 0.717) is 0 Å². The summed E-state index contributed by atoms with van der Waals surface area (Å²) in [6, 6.07) is 6.63. The highest BCUT2D eigenvalue weighted by molar-refractivity contribution is 7.90. The van der Waals surface area contributed by atoms with Crippen molar-refractivity contribution in [3.63, 3.8) is 0 Å². The first kappa shape index (κ1) is 17.2. The lowest BCUT2D eigenvalue weighted by Crippen LogP contribution is -2.37. The van der Waals surface area contributed by atoms with E-state index < -0.39 is 52.8 Å². The highest BCUT2D eigenvalue weighted by atomic mass is 32.2. The van der Waals surface area contributed by atoms with Crippen LogP contribution in [0.3, 0.4) is 0 Å². The molecule has 1 N–H and O–H groups in total.